The predicted molar refractivity (Wildman–Crippen MR) is 85.3 cm³/mol. The van der Waals surface area contributed by atoms with Gasteiger partial charge >= 0.3 is 0 Å². The highest BCUT2D eigenvalue weighted by Gasteiger charge is 2.76. The molecule has 1 spiro atoms. The maximum atomic E-state index is 11.9. The predicted octanol–water partition coefficient (Wildman–Crippen LogP) is 4.06. The van der Waals surface area contributed by atoms with Crippen LogP contribution in [0.25, 0.3) is 0 Å². The lowest BCUT2D eigenvalue weighted by Gasteiger charge is -2.55. The van der Waals surface area contributed by atoms with Crippen LogP contribution in [-0.2, 0) is 4.79 Å². The normalized spacial score (nSPS) is 56.1. The molecule has 0 saturated heterocycles. The average Bonchev–Trinajstić information content (AvgIpc) is 3.16. The molecule has 5 aliphatic rings. The van der Waals surface area contributed by atoms with Gasteiger partial charge < -0.3 is 5.11 Å². The van der Waals surface area contributed by atoms with Crippen molar-refractivity contribution in [2.45, 2.75) is 64.4 Å². The molecule has 0 heterocycles. The third kappa shape index (κ3) is 1.41. The summed E-state index contributed by atoms with van der Waals surface area (Å²) in [4.78, 5) is 11.9. The van der Waals surface area contributed by atoms with Crippen molar-refractivity contribution < 1.29 is 9.90 Å². The lowest BCUT2D eigenvalue weighted by molar-refractivity contribution is -0.117. The Morgan fingerprint density at radius 1 is 1.23 bits per heavy atom. The van der Waals surface area contributed by atoms with E-state index in [2.05, 4.69) is 6.92 Å². The Morgan fingerprint density at radius 3 is 2.86 bits per heavy atom. The Hall–Kier alpha value is -0.340. The number of rotatable bonds is 0. The maximum absolute atomic E-state index is 11.9. The first-order valence-electron chi connectivity index (χ1n) is 9.09. The van der Waals surface area contributed by atoms with Crippen LogP contribution in [0.15, 0.2) is 10.6 Å². The summed E-state index contributed by atoms with van der Waals surface area (Å²) >= 11 is 6.37. The quantitative estimate of drug-likeness (QED) is 0.731. The first-order valence-corrected chi connectivity index (χ1v) is 9.46. The minimum atomic E-state index is -0.0827. The van der Waals surface area contributed by atoms with Gasteiger partial charge in [-0.1, -0.05) is 18.5 Å². The van der Waals surface area contributed by atoms with Crippen LogP contribution in [0.3, 0.4) is 0 Å². The van der Waals surface area contributed by atoms with E-state index in [0.717, 1.165) is 31.1 Å². The Kier molecular flexibility index (Phi) is 2.67. The van der Waals surface area contributed by atoms with E-state index >= 15 is 0 Å². The zero-order valence-electron chi connectivity index (χ0n) is 13.3. The number of carbonyl (C=O) groups excluding carboxylic acids is 1. The fourth-order valence-electron chi connectivity index (χ4n) is 7.45. The van der Waals surface area contributed by atoms with E-state index in [1.54, 1.807) is 0 Å². The standard InChI is InChI=1S/C19H25ClO2/c1-18-7-6-12-11-3-5-15(21)17(20)13(11)2-4-14(12)19(18)9-10(19)8-16(18)22/h10-12,14,16,22H,2-9H2,1H3/t10?,11-,12-,14-,16?,18-,19?/m1/s1. The van der Waals surface area contributed by atoms with E-state index in [9.17, 15) is 9.90 Å². The van der Waals surface area contributed by atoms with E-state index in [4.69, 9.17) is 11.6 Å². The molecule has 4 fully saturated rings. The molecule has 2 nitrogen and oxygen atoms in total. The molecule has 5 rings (SSSR count). The van der Waals surface area contributed by atoms with Crippen molar-refractivity contribution in [3.63, 3.8) is 0 Å². The summed E-state index contributed by atoms with van der Waals surface area (Å²) in [5.41, 5.74) is 1.87. The molecule has 0 aromatic heterocycles. The summed E-state index contributed by atoms with van der Waals surface area (Å²) in [5.74, 6) is 2.98. The monoisotopic (exact) mass is 320 g/mol. The molecule has 0 bridgehead atoms. The smallest absolute Gasteiger partial charge is 0.174 e. The van der Waals surface area contributed by atoms with E-state index in [-0.39, 0.29) is 17.3 Å². The number of hydrogen-bond acceptors (Lipinski definition) is 2. The van der Waals surface area contributed by atoms with Gasteiger partial charge in [-0.2, -0.15) is 0 Å². The van der Waals surface area contributed by atoms with Gasteiger partial charge in [-0.05, 0) is 85.0 Å². The van der Waals surface area contributed by atoms with Crippen LogP contribution < -0.4 is 0 Å². The van der Waals surface area contributed by atoms with Crippen molar-refractivity contribution in [1.82, 2.24) is 0 Å². The van der Waals surface area contributed by atoms with Crippen molar-refractivity contribution >= 4 is 17.4 Å². The topological polar surface area (TPSA) is 37.3 Å². The van der Waals surface area contributed by atoms with Crippen LogP contribution in [0.5, 0.6) is 0 Å². The molecule has 0 aliphatic heterocycles. The summed E-state index contributed by atoms with van der Waals surface area (Å²) in [7, 11) is 0. The fourth-order valence-corrected chi connectivity index (χ4v) is 7.78. The van der Waals surface area contributed by atoms with Gasteiger partial charge in [0.15, 0.2) is 5.78 Å². The molecule has 22 heavy (non-hydrogen) atoms. The zero-order valence-corrected chi connectivity index (χ0v) is 14.0. The number of aliphatic hydroxyl groups excluding tert-OH is 1. The number of ketones is 1. The zero-order chi connectivity index (χ0) is 15.3. The van der Waals surface area contributed by atoms with Gasteiger partial charge in [0.25, 0.3) is 0 Å². The molecule has 120 valence electrons. The van der Waals surface area contributed by atoms with Crippen molar-refractivity contribution in [3.05, 3.63) is 10.6 Å². The summed E-state index contributed by atoms with van der Waals surface area (Å²) < 4.78 is 0. The van der Waals surface area contributed by atoms with Gasteiger partial charge in [0.1, 0.15) is 0 Å². The Morgan fingerprint density at radius 2 is 2.05 bits per heavy atom. The summed E-state index contributed by atoms with van der Waals surface area (Å²) in [5, 5.41) is 11.2. The van der Waals surface area contributed by atoms with Crippen molar-refractivity contribution in [3.8, 4) is 0 Å². The molecule has 5 aliphatic carbocycles. The van der Waals surface area contributed by atoms with Gasteiger partial charge in [0.2, 0.25) is 0 Å². The SMILES string of the molecule is C[C@]12CC[C@H]3[C@@H](CCC4=C(Cl)C(=O)CC[C@@H]43)C13CC3CC2O. The van der Waals surface area contributed by atoms with Gasteiger partial charge in [0, 0.05) is 6.42 Å². The van der Waals surface area contributed by atoms with E-state index in [1.165, 1.54) is 31.3 Å². The molecule has 0 aromatic carbocycles. The van der Waals surface area contributed by atoms with Crippen LogP contribution in [0.1, 0.15) is 58.3 Å². The second-order valence-corrected chi connectivity index (χ2v) is 9.24. The first-order chi connectivity index (χ1) is 10.5. The highest BCUT2D eigenvalue weighted by Crippen LogP contribution is 2.81. The third-order valence-corrected chi connectivity index (χ3v) is 8.99. The minimum absolute atomic E-state index is 0.0827. The average molecular weight is 321 g/mol. The number of halogens is 1. The molecular formula is C19H25ClO2. The first kappa shape index (κ1) is 14.0. The highest BCUT2D eigenvalue weighted by molar-refractivity contribution is 6.43. The number of hydrogen-bond donors (Lipinski definition) is 1. The fraction of sp³-hybridized carbons (Fsp3) is 0.842. The van der Waals surface area contributed by atoms with Gasteiger partial charge in [0.05, 0.1) is 11.1 Å². The Balaban J connectivity index is 1.54. The van der Waals surface area contributed by atoms with Crippen LogP contribution in [0.2, 0.25) is 0 Å². The van der Waals surface area contributed by atoms with Gasteiger partial charge in [-0.3, -0.25) is 4.79 Å². The second-order valence-electron chi connectivity index (χ2n) is 8.87. The second kappa shape index (κ2) is 4.19. The Bertz CT molecular complexity index is 596. The number of fused-ring (bicyclic) bond motifs is 3. The third-order valence-electron chi connectivity index (χ3n) is 8.53. The minimum Gasteiger partial charge on any atom is -0.393 e. The van der Waals surface area contributed by atoms with Crippen LogP contribution >= 0.6 is 11.6 Å². The largest absolute Gasteiger partial charge is 0.393 e. The Labute approximate surface area is 137 Å². The molecule has 3 heteroatoms. The summed E-state index contributed by atoms with van der Waals surface area (Å²) in [6.45, 7) is 2.36. The summed E-state index contributed by atoms with van der Waals surface area (Å²) in [6, 6.07) is 0. The van der Waals surface area contributed by atoms with Crippen molar-refractivity contribution in [1.29, 1.82) is 0 Å². The number of Topliss-reactive ketones (excluding diaryl/α,β-unsaturated/α-hetero) is 1. The van der Waals surface area contributed by atoms with Crippen molar-refractivity contribution in [2.75, 3.05) is 0 Å². The van der Waals surface area contributed by atoms with E-state index in [1.807, 2.05) is 0 Å². The molecule has 0 amide bonds. The van der Waals surface area contributed by atoms with Crippen molar-refractivity contribution in [2.24, 2.45) is 34.5 Å². The van der Waals surface area contributed by atoms with Crippen LogP contribution in [0.4, 0.5) is 0 Å². The molecule has 1 N–H and O–H groups in total. The number of aliphatic hydroxyl groups is 1. The molecule has 7 atom stereocenters. The van der Waals surface area contributed by atoms with Gasteiger partial charge in [-0.15, -0.1) is 0 Å². The van der Waals surface area contributed by atoms with Gasteiger partial charge in [-0.25, -0.2) is 0 Å². The maximum Gasteiger partial charge on any atom is 0.174 e. The summed E-state index contributed by atoms with van der Waals surface area (Å²) in [6.07, 6.45) is 8.57. The molecule has 3 unspecified atom stereocenters. The lowest BCUT2D eigenvalue weighted by Crippen LogP contribution is -2.50. The molecular weight excluding hydrogens is 296 g/mol. The molecule has 4 saturated carbocycles. The number of allylic oxidation sites excluding steroid dienone is 1. The molecule has 0 aromatic rings. The van der Waals surface area contributed by atoms with E-state index < -0.39 is 0 Å². The van der Waals surface area contributed by atoms with E-state index in [0.29, 0.717) is 28.7 Å². The number of carbonyl (C=O) groups is 1. The lowest BCUT2D eigenvalue weighted by atomic mass is 9.49. The van der Waals surface area contributed by atoms with Crippen LogP contribution in [0, 0.1) is 34.5 Å². The van der Waals surface area contributed by atoms with Crippen LogP contribution in [-0.4, -0.2) is 17.0 Å². The molecule has 0 radical (unpaired) electrons. The highest BCUT2D eigenvalue weighted by atomic mass is 35.5.